The molecule has 0 aromatic heterocycles. The molecule has 0 aliphatic heterocycles. The molecule has 1 amide bonds. The number of carboxylic acid groups (broad SMARTS) is 1. The third-order valence-electron chi connectivity index (χ3n) is 4.91. The molecule has 0 unspecified atom stereocenters. The molecule has 8 nitrogen and oxygen atoms in total. The number of hydrogen-bond acceptors (Lipinski definition) is 6. The summed E-state index contributed by atoms with van der Waals surface area (Å²) in [5.74, 6) is -4.65. The van der Waals surface area contributed by atoms with Crippen molar-refractivity contribution in [3.8, 4) is 0 Å². The minimum atomic E-state index is -2.13. The van der Waals surface area contributed by atoms with Crippen molar-refractivity contribution in [1.82, 2.24) is 0 Å². The summed E-state index contributed by atoms with van der Waals surface area (Å²) in [4.78, 5) is 50.5. The number of aryl methyl sites for hydroxylation is 2. The molecule has 0 fully saturated rings. The molecule has 0 radical (unpaired) electrons. The Morgan fingerprint density at radius 3 is 1.71 bits per heavy atom. The highest BCUT2D eigenvalue weighted by Gasteiger charge is 2.41. The first kappa shape index (κ1) is 25.5. The maximum Gasteiger partial charge on any atom is 0.349 e. The summed E-state index contributed by atoms with van der Waals surface area (Å²) >= 11 is 5.95. The van der Waals surface area contributed by atoms with Crippen LogP contribution in [0.25, 0.3) is 0 Å². The van der Waals surface area contributed by atoms with Gasteiger partial charge in [-0.25, -0.2) is 14.4 Å². The average Bonchev–Trinajstić information content (AvgIpc) is 2.81. The molecule has 2 N–H and O–H groups in total. The van der Waals surface area contributed by atoms with Gasteiger partial charge in [0.1, 0.15) is 0 Å². The van der Waals surface area contributed by atoms with E-state index in [0.717, 1.165) is 11.1 Å². The van der Waals surface area contributed by atoms with E-state index in [-0.39, 0.29) is 16.8 Å². The lowest BCUT2D eigenvalue weighted by atomic mass is 10.1. The number of carboxylic acids is 1. The van der Waals surface area contributed by atoms with Crippen LogP contribution in [0.5, 0.6) is 0 Å². The van der Waals surface area contributed by atoms with Gasteiger partial charge in [0.15, 0.2) is 0 Å². The Labute approximate surface area is 206 Å². The minimum absolute atomic E-state index is 0.0701. The first-order valence-electron chi connectivity index (χ1n) is 10.5. The van der Waals surface area contributed by atoms with Crippen molar-refractivity contribution >= 4 is 41.1 Å². The summed E-state index contributed by atoms with van der Waals surface area (Å²) in [7, 11) is 0. The first-order valence-corrected chi connectivity index (χ1v) is 10.9. The van der Waals surface area contributed by atoms with Gasteiger partial charge in [0.05, 0.1) is 11.1 Å². The van der Waals surface area contributed by atoms with Gasteiger partial charge in [-0.2, -0.15) is 0 Å². The van der Waals surface area contributed by atoms with Gasteiger partial charge in [0.2, 0.25) is 12.2 Å². The predicted octanol–water partition coefficient (Wildman–Crippen LogP) is 4.43. The maximum atomic E-state index is 13.1. The van der Waals surface area contributed by atoms with Crippen LogP contribution < -0.4 is 5.32 Å². The Hall–Kier alpha value is -4.17. The lowest BCUT2D eigenvalue weighted by molar-refractivity contribution is -0.157. The molecular weight excluding hydrogens is 474 g/mol. The van der Waals surface area contributed by atoms with Crippen LogP contribution in [0.1, 0.15) is 31.8 Å². The summed E-state index contributed by atoms with van der Waals surface area (Å²) < 4.78 is 10.4. The van der Waals surface area contributed by atoms with E-state index in [1.165, 1.54) is 36.4 Å². The fourth-order valence-corrected chi connectivity index (χ4v) is 3.21. The van der Waals surface area contributed by atoms with E-state index < -0.39 is 36.0 Å². The number of carbonyl (C=O) groups is 4. The quantitative estimate of drug-likeness (QED) is 0.443. The van der Waals surface area contributed by atoms with Crippen LogP contribution in [0.4, 0.5) is 5.69 Å². The largest absolute Gasteiger partial charge is 0.478 e. The van der Waals surface area contributed by atoms with Crippen LogP contribution in [0.2, 0.25) is 5.02 Å². The fraction of sp³-hybridized carbons (Fsp3) is 0.154. The van der Waals surface area contributed by atoms with Crippen LogP contribution in [0, 0.1) is 13.8 Å². The number of benzene rings is 3. The van der Waals surface area contributed by atoms with E-state index >= 15 is 0 Å². The standard InChI is InChI=1S/C26H22ClNO7/c1-15-6-10-17(11-7-15)25(32)34-21(23(29)28-20-5-3-4-19(27)14-20)22(24(30)31)35-26(33)18-12-8-16(2)9-13-18/h3-14,21-22H,1-2H3,(H,28,29)(H,30,31)/t21-,22-/m1/s1. The molecule has 9 heteroatoms. The van der Waals surface area contributed by atoms with Crippen molar-refractivity contribution < 1.29 is 33.8 Å². The van der Waals surface area contributed by atoms with Gasteiger partial charge in [0.25, 0.3) is 5.91 Å². The van der Waals surface area contributed by atoms with Gasteiger partial charge in [-0.05, 0) is 56.3 Å². The predicted molar refractivity (Wildman–Crippen MR) is 128 cm³/mol. The second kappa shape index (κ2) is 11.3. The second-order valence-corrected chi connectivity index (χ2v) is 8.16. The molecule has 0 saturated heterocycles. The van der Waals surface area contributed by atoms with E-state index in [9.17, 15) is 24.3 Å². The zero-order valence-corrected chi connectivity index (χ0v) is 19.6. The minimum Gasteiger partial charge on any atom is -0.478 e. The molecule has 2 atom stereocenters. The Morgan fingerprint density at radius 1 is 0.771 bits per heavy atom. The van der Waals surface area contributed by atoms with Crippen LogP contribution in [-0.2, 0) is 19.1 Å². The Bertz CT molecular complexity index is 1240. The molecule has 0 aliphatic carbocycles. The number of nitrogens with one attached hydrogen (secondary N) is 1. The van der Waals surface area contributed by atoms with Crippen LogP contribution in [-0.4, -0.2) is 41.1 Å². The van der Waals surface area contributed by atoms with E-state index in [0.29, 0.717) is 5.02 Å². The van der Waals surface area contributed by atoms with E-state index in [4.69, 9.17) is 21.1 Å². The van der Waals surface area contributed by atoms with Crippen molar-refractivity contribution in [3.63, 3.8) is 0 Å². The number of hydrogen-bond donors (Lipinski definition) is 2. The summed E-state index contributed by atoms with van der Waals surface area (Å²) in [6.07, 6.45) is -4.13. The number of rotatable bonds is 8. The van der Waals surface area contributed by atoms with Crippen molar-refractivity contribution in [1.29, 1.82) is 0 Å². The average molecular weight is 496 g/mol. The molecule has 0 spiro atoms. The zero-order valence-electron chi connectivity index (χ0n) is 18.9. The van der Waals surface area contributed by atoms with Crippen molar-refractivity contribution in [2.75, 3.05) is 5.32 Å². The molecule has 3 aromatic carbocycles. The van der Waals surface area contributed by atoms with Crippen molar-refractivity contribution in [2.24, 2.45) is 0 Å². The summed E-state index contributed by atoms with van der Waals surface area (Å²) in [5, 5.41) is 12.6. The molecule has 35 heavy (non-hydrogen) atoms. The molecule has 0 aliphatic rings. The van der Waals surface area contributed by atoms with Crippen LogP contribution in [0.3, 0.4) is 0 Å². The Balaban J connectivity index is 1.90. The number of halogens is 1. The lowest BCUT2D eigenvalue weighted by Gasteiger charge is -2.23. The van der Waals surface area contributed by atoms with Crippen LogP contribution in [0.15, 0.2) is 72.8 Å². The first-order chi connectivity index (χ1) is 16.6. The summed E-state index contributed by atoms with van der Waals surface area (Å²) in [6, 6.07) is 18.5. The van der Waals surface area contributed by atoms with E-state index in [1.807, 2.05) is 13.8 Å². The highest BCUT2D eigenvalue weighted by Crippen LogP contribution is 2.19. The molecule has 180 valence electrons. The highest BCUT2D eigenvalue weighted by atomic mass is 35.5. The smallest absolute Gasteiger partial charge is 0.349 e. The number of esters is 2. The third-order valence-corrected chi connectivity index (χ3v) is 5.15. The van der Waals surface area contributed by atoms with Gasteiger partial charge in [-0.15, -0.1) is 0 Å². The molecular formula is C26H22ClNO7. The number of anilines is 1. The molecule has 0 bridgehead atoms. The van der Waals surface area contributed by atoms with Crippen LogP contribution >= 0.6 is 11.6 Å². The topological polar surface area (TPSA) is 119 Å². The van der Waals surface area contributed by atoms with Gasteiger partial charge in [-0.3, -0.25) is 4.79 Å². The lowest BCUT2D eigenvalue weighted by Crippen LogP contribution is -2.48. The highest BCUT2D eigenvalue weighted by molar-refractivity contribution is 6.30. The number of ether oxygens (including phenoxy) is 2. The third kappa shape index (κ3) is 6.91. The zero-order chi connectivity index (χ0) is 25.5. The molecule has 0 saturated carbocycles. The normalized spacial score (nSPS) is 12.2. The molecule has 3 aromatic rings. The number of amides is 1. The van der Waals surface area contributed by atoms with Crippen molar-refractivity contribution in [3.05, 3.63) is 100 Å². The Kier molecular flexibility index (Phi) is 8.22. The van der Waals surface area contributed by atoms with E-state index in [2.05, 4.69) is 5.32 Å². The summed E-state index contributed by atoms with van der Waals surface area (Å²) in [5.41, 5.74) is 2.15. The number of aliphatic carboxylic acids is 1. The van der Waals surface area contributed by atoms with Gasteiger partial charge < -0.3 is 19.9 Å². The molecule has 3 rings (SSSR count). The number of carbonyl (C=O) groups excluding carboxylic acids is 3. The van der Waals surface area contributed by atoms with Gasteiger partial charge in [0, 0.05) is 10.7 Å². The SMILES string of the molecule is Cc1ccc(C(=O)O[C@@H](C(=O)O)[C@@H](OC(=O)c2ccc(C)cc2)C(=O)Nc2cccc(Cl)c2)cc1. The second-order valence-electron chi connectivity index (χ2n) is 7.72. The van der Waals surface area contributed by atoms with Crippen molar-refractivity contribution in [2.45, 2.75) is 26.1 Å². The van der Waals surface area contributed by atoms with E-state index in [1.54, 1.807) is 36.4 Å². The molecule has 0 heterocycles. The van der Waals surface area contributed by atoms with Gasteiger partial charge in [-0.1, -0.05) is 53.1 Å². The summed E-state index contributed by atoms with van der Waals surface area (Å²) in [6.45, 7) is 3.64. The monoisotopic (exact) mass is 495 g/mol. The Morgan fingerprint density at radius 2 is 1.26 bits per heavy atom. The fourth-order valence-electron chi connectivity index (χ4n) is 3.02. The maximum absolute atomic E-state index is 13.1. The van der Waals surface area contributed by atoms with Gasteiger partial charge >= 0.3 is 17.9 Å².